The molecule has 0 N–H and O–H groups in total. The molecule has 3 aliphatic carbocycles. The van der Waals surface area contributed by atoms with Crippen LogP contribution in [0.25, 0.3) is 31.3 Å². The Morgan fingerprint density at radius 3 is 1.86 bits per heavy atom. The second-order valence-electron chi connectivity index (χ2n) is 29.4. The number of hydrogen-bond acceptors (Lipinski definition) is 3. The van der Waals surface area contributed by atoms with Gasteiger partial charge in [0, 0.05) is 65.0 Å². The summed E-state index contributed by atoms with van der Waals surface area (Å²) >= 11 is 1.92. The summed E-state index contributed by atoms with van der Waals surface area (Å²) in [5, 5.41) is 2.66. The fourth-order valence-corrected chi connectivity index (χ4v) is 18.1. The van der Waals surface area contributed by atoms with Crippen LogP contribution in [-0.2, 0) is 33.5 Å². The van der Waals surface area contributed by atoms with Crippen LogP contribution in [0.1, 0.15) is 170 Å². The number of benzene rings is 9. The van der Waals surface area contributed by atoms with E-state index in [9.17, 15) is 0 Å². The van der Waals surface area contributed by atoms with Crippen LogP contribution in [0.4, 0.5) is 34.1 Å². The van der Waals surface area contributed by atoms with Gasteiger partial charge in [0.25, 0.3) is 6.71 Å². The maximum atomic E-state index is 2.70. The highest BCUT2D eigenvalue weighted by atomic mass is 32.1. The third-order valence-electron chi connectivity index (χ3n) is 21.8. The summed E-state index contributed by atoms with van der Waals surface area (Å²) < 4.78 is 2.65. The molecule has 0 saturated heterocycles. The lowest BCUT2D eigenvalue weighted by Gasteiger charge is -2.49. The molecule has 0 amide bonds. The molecule has 3 unspecified atom stereocenters. The normalized spacial score (nSPS) is 20.8. The van der Waals surface area contributed by atoms with E-state index >= 15 is 0 Å². The number of rotatable bonds is 5. The third-order valence-corrected chi connectivity index (χ3v) is 23.0. The first-order valence-corrected chi connectivity index (χ1v) is 31.8. The van der Waals surface area contributed by atoms with Crippen molar-refractivity contribution in [1.82, 2.24) is 0 Å². The molecule has 2 aliphatic heterocycles. The van der Waals surface area contributed by atoms with Crippen LogP contribution in [0, 0.1) is 12.3 Å². The van der Waals surface area contributed by atoms with E-state index in [0.717, 1.165) is 6.42 Å². The van der Waals surface area contributed by atoms with E-state index < -0.39 is 0 Å². The van der Waals surface area contributed by atoms with E-state index in [-0.39, 0.29) is 39.2 Å². The van der Waals surface area contributed by atoms with Gasteiger partial charge < -0.3 is 9.80 Å². The Hall–Kier alpha value is -7.14. The minimum Gasteiger partial charge on any atom is -0.311 e. The van der Waals surface area contributed by atoms with Crippen molar-refractivity contribution in [3.8, 4) is 11.1 Å². The van der Waals surface area contributed by atoms with E-state index in [1.54, 1.807) is 11.1 Å². The number of aryl methyl sites for hydroxylation is 1. The van der Waals surface area contributed by atoms with Crippen molar-refractivity contribution in [2.75, 3.05) is 9.80 Å². The predicted molar refractivity (Wildman–Crippen MR) is 358 cm³/mol. The quantitative estimate of drug-likeness (QED) is 0.159. The number of hydrogen-bond donors (Lipinski definition) is 0. The van der Waals surface area contributed by atoms with E-state index in [1.807, 2.05) is 11.3 Å². The van der Waals surface area contributed by atoms with E-state index in [4.69, 9.17) is 0 Å². The molecule has 1 fully saturated rings. The molecule has 3 heterocycles. The summed E-state index contributed by atoms with van der Waals surface area (Å²) in [6, 6.07) is 70.0. The van der Waals surface area contributed by atoms with Crippen molar-refractivity contribution in [3.05, 3.63) is 232 Å². The number of anilines is 6. The molecule has 0 spiro atoms. The summed E-state index contributed by atoms with van der Waals surface area (Å²) in [6.07, 6.45) is 6.13. The zero-order chi connectivity index (χ0) is 57.5. The Morgan fingerprint density at radius 1 is 0.494 bits per heavy atom. The molecule has 3 atom stereocenters. The smallest absolute Gasteiger partial charge is 0.252 e. The molecule has 4 heteroatoms. The van der Waals surface area contributed by atoms with Crippen LogP contribution in [-0.4, -0.2) is 6.71 Å². The number of fused-ring (bicyclic) bond motifs is 12. The van der Waals surface area contributed by atoms with Crippen LogP contribution < -0.4 is 26.2 Å². The average Bonchev–Trinajstić information content (AvgIpc) is 1.19. The zero-order valence-corrected chi connectivity index (χ0v) is 52.1. The SMILES string of the molecule is Cc1cc2c3c(c1)N(c1ccc(C(C)(C)C)cc1-c1ccccc1)c1cc4c(cc1B3c1ccc(CC3c5ccc(C(C)(C)C)cc5C5(C)CCCCC35C)cc1N2c1ccc2c(c1)sc1ccccc12)C(C)(C)c1ccccc1C4(C)C. The van der Waals surface area contributed by atoms with Crippen molar-refractivity contribution >= 4 is 88.7 Å². The highest BCUT2D eigenvalue weighted by Gasteiger charge is 2.58. The van der Waals surface area contributed by atoms with Crippen LogP contribution in [0.5, 0.6) is 0 Å². The molecular formula is C79H79BN2S. The van der Waals surface area contributed by atoms with Gasteiger partial charge in [-0.2, -0.15) is 0 Å². The van der Waals surface area contributed by atoms with Crippen molar-refractivity contribution in [2.24, 2.45) is 5.41 Å². The Labute approximate surface area is 498 Å². The lowest BCUT2D eigenvalue weighted by atomic mass is 9.33. The fourth-order valence-electron chi connectivity index (χ4n) is 16.9. The number of nitrogens with zero attached hydrogens (tertiary/aromatic N) is 2. The number of thiophene rings is 1. The van der Waals surface area contributed by atoms with Crippen molar-refractivity contribution in [1.29, 1.82) is 0 Å². The first-order chi connectivity index (χ1) is 39.6. The Kier molecular flexibility index (Phi) is 11.4. The molecule has 9 aromatic carbocycles. The summed E-state index contributed by atoms with van der Waals surface area (Å²) in [5.74, 6) is 0.412. The van der Waals surface area contributed by atoms with Gasteiger partial charge in [0.15, 0.2) is 0 Å². The van der Waals surface area contributed by atoms with Crippen molar-refractivity contribution < 1.29 is 0 Å². The Morgan fingerprint density at radius 2 is 1.12 bits per heavy atom. The summed E-state index contributed by atoms with van der Waals surface area (Å²) in [4.78, 5) is 5.40. The van der Waals surface area contributed by atoms with Crippen molar-refractivity contribution in [3.63, 3.8) is 0 Å². The van der Waals surface area contributed by atoms with Crippen LogP contribution >= 0.6 is 11.3 Å². The van der Waals surface area contributed by atoms with Crippen LogP contribution in [0.2, 0.25) is 0 Å². The molecule has 5 aliphatic rings. The molecule has 15 rings (SSSR count). The first kappa shape index (κ1) is 52.7. The lowest BCUT2D eigenvalue weighted by Crippen LogP contribution is -2.62. The minimum absolute atomic E-state index is 0.0298. The van der Waals surface area contributed by atoms with Gasteiger partial charge in [0.05, 0.1) is 5.69 Å². The summed E-state index contributed by atoms with van der Waals surface area (Å²) in [5.41, 5.74) is 28.3. The molecule has 414 valence electrons. The first-order valence-electron chi connectivity index (χ1n) is 31.0. The van der Waals surface area contributed by atoms with Gasteiger partial charge >= 0.3 is 0 Å². The van der Waals surface area contributed by atoms with E-state index in [1.165, 1.54) is 152 Å². The molecule has 0 radical (unpaired) electrons. The minimum atomic E-state index is -0.238. The molecule has 0 bridgehead atoms. The van der Waals surface area contributed by atoms with Crippen LogP contribution in [0.15, 0.2) is 176 Å². The zero-order valence-electron chi connectivity index (χ0n) is 51.2. The van der Waals surface area contributed by atoms with Gasteiger partial charge in [-0.3, -0.25) is 0 Å². The molecule has 83 heavy (non-hydrogen) atoms. The standard InChI is InChI=1S/C79H79BN2S/c1-48-39-69-73-70(40-48)82(66-36-31-51(74(2,3)4)43-57(66)50-23-15-14-16-24-50)68-47-63-62(76(8,9)58-26-18-19-27-59(58)77(63,10)11)46-65(68)80(73)64-35-29-49(42-67(64)81(69)53-32-34-55-54-25-17-20-28-71(54)83-72(55)45-53)41-60-56-33-30-52(75(5,6)7)44-61(56)79(13)38-22-21-37-78(60,79)12/h14-20,23-36,39-40,42-47,60H,21-22,37-38,41H2,1-13H3. The predicted octanol–water partition coefficient (Wildman–Crippen LogP) is 19.9. The van der Waals surface area contributed by atoms with Gasteiger partial charge in [-0.15, -0.1) is 11.3 Å². The van der Waals surface area contributed by atoms with E-state index in [2.05, 4.69) is 276 Å². The Balaban J connectivity index is 1.01. The largest absolute Gasteiger partial charge is 0.311 e. The highest BCUT2D eigenvalue weighted by molar-refractivity contribution is 7.25. The topological polar surface area (TPSA) is 6.48 Å². The van der Waals surface area contributed by atoms with Gasteiger partial charge in [0.2, 0.25) is 0 Å². The van der Waals surface area contributed by atoms with Gasteiger partial charge in [-0.05, 0) is 186 Å². The van der Waals surface area contributed by atoms with Gasteiger partial charge in [-0.1, -0.05) is 217 Å². The highest BCUT2D eigenvalue weighted by Crippen LogP contribution is 2.66. The molecule has 2 nitrogen and oxygen atoms in total. The Bertz CT molecular complexity index is 4350. The second-order valence-corrected chi connectivity index (χ2v) is 30.4. The fraction of sp³-hybridized carbons (Fsp3) is 0.316. The summed E-state index contributed by atoms with van der Waals surface area (Å²) in [7, 11) is 0. The molecular weight excluding hydrogens is 1020 g/mol. The van der Waals surface area contributed by atoms with Crippen molar-refractivity contribution in [2.45, 2.75) is 155 Å². The maximum Gasteiger partial charge on any atom is 0.252 e. The lowest BCUT2D eigenvalue weighted by molar-refractivity contribution is 0.0794. The van der Waals surface area contributed by atoms with Crippen LogP contribution in [0.3, 0.4) is 0 Å². The molecule has 10 aromatic rings. The maximum absolute atomic E-state index is 2.70. The third kappa shape index (κ3) is 7.59. The average molecular weight is 1100 g/mol. The summed E-state index contributed by atoms with van der Waals surface area (Å²) in [6.45, 7) is 31.7. The van der Waals surface area contributed by atoms with E-state index in [0.29, 0.717) is 5.92 Å². The molecule has 1 saturated carbocycles. The van der Waals surface area contributed by atoms with Gasteiger partial charge in [0.1, 0.15) is 0 Å². The second kappa shape index (κ2) is 17.9. The van der Waals surface area contributed by atoms with Gasteiger partial charge in [-0.25, -0.2) is 0 Å². The molecule has 1 aromatic heterocycles. The monoisotopic (exact) mass is 1100 g/mol.